The lowest BCUT2D eigenvalue weighted by Gasteiger charge is -2.37. The molecule has 0 aromatic carbocycles. The largest absolute Gasteiger partial charge is 0.375 e. The minimum atomic E-state index is 0.132. The molecule has 2 fully saturated rings. The highest BCUT2D eigenvalue weighted by atomic mass is 16.5. The molecule has 2 aliphatic heterocycles. The van der Waals surface area contributed by atoms with Gasteiger partial charge in [-0.3, -0.25) is 9.67 Å². The topological polar surface area (TPSA) is 67.2 Å². The van der Waals surface area contributed by atoms with Gasteiger partial charge in [0, 0.05) is 52.1 Å². The molecule has 0 saturated carbocycles. The third-order valence-corrected chi connectivity index (χ3v) is 5.17. The summed E-state index contributed by atoms with van der Waals surface area (Å²) in [5.74, 6) is 0.923. The van der Waals surface area contributed by atoms with Crippen molar-refractivity contribution in [2.24, 2.45) is 12.0 Å². The van der Waals surface area contributed by atoms with Crippen molar-refractivity contribution in [2.45, 2.75) is 31.1 Å². The van der Waals surface area contributed by atoms with Gasteiger partial charge in [0.1, 0.15) is 6.10 Å². The Balaban J connectivity index is 1.59. The number of guanidine groups is 1. The maximum Gasteiger partial charge on any atom is 0.193 e. The average molecular weight is 364 g/mol. The van der Waals surface area contributed by atoms with E-state index in [4.69, 9.17) is 9.47 Å². The Morgan fingerprint density at radius 1 is 1.38 bits per heavy atom. The van der Waals surface area contributed by atoms with E-state index in [1.807, 2.05) is 25.0 Å². The zero-order chi connectivity index (χ0) is 18.5. The van der Waals surface area contributed by atoms with E-state index < -0.39 is 0 Å². The molecule has 2 aliphatic rings. The zero-order valence-electron chi connectivity index (χ0n) is 16.4. The molecule has 0 spiro atoms. The predicted molar refractivity (Wildman–Crippen MR) is 101 cm³/mol. The number of rotatable bonds is 5. The standard InChI is InChI=1S/C18H32N6O2/c1-19-18(20-11-15(22(2)3)14-10-21-23(4)12-14)24-7-9-26-17(13-24)16-6-5-8-25-16/h10,12,15-17H,5-9,11,13H2,1-4H3,(H,19,20). The summed E-state index contributed by atoms with van der Waals surface area (Å²) >= 11 is 0. The highest BCUT2D eigenvalue weighted by Gasteiger charge is 2.32. The summed E-state index contributed by atoms with van der Waals surface area (Å²) in [6, 6.07) is 0.232. The number of ether oxygens (including phenoxy) is 2. The molecule has 2 saturated heterocycles. The van der Waals surface area contributed by atoms with Crippen LogP contribution in [0.4, 0.5) is 0 Å². The molecule has 1 N–H and O–H groups in total. The van der Waals surface area contributed by atoms with E-state index in [1.54, 1.807) is 0 Å². The van der Waals surface area contributed by atoms with Gasteiger partial charge in [-0.05, 0) is 26.9 Å². The Morgan fingerprint density at radius 2 is 2.19 bits per heavy atom. The van der Waals surface area contributed by atoms with Crippen LogP contribution in [0.15, 0.2) is 17.4 Å². The first-order chi connectivity index (χ1) is 12.6. The normalized spacial score (nSPS) is 25.7. The fourth-order valence-corrected chi connectivity index (χ4v) is 3.72. The SMILES string of the molecule is CN=C(NCC(c1cnn(C)c1)N(C)C)N1CCOC(C2CCCO2)C1. The van der Waals surface area contributed by atoms with E-state index >= 15 is 0 Å². The second-order valence-electron chi connectivity index (χ2n) is 7.26. The molecule has 0 aliphatic carbocycles. The average Bonchev–Trinajstić information content (AvgIpc) is 3.30. The van der Waals surface area contributed by atoms with Crippen LogP contribution in [-0.4, -0.2) is 91.7 Å². The lowest BCUT2D eigenvalue weighted by atomic mass is 10.1. The summed E-state index contributed by atoms with van der Waals surface area (Å²) in [4.78, 5) is 8.98. The third-order valence-electron chi connectivity index (χ3n) is 5.17. The lowest BCUT2D eigenvalue weighted by molar-refractivity contribution is -0.0817. The van der Waals surface area contributed by atoms with Crippen molar-refractivity contribution in [1.29, 1.82) is 0 Å². The number of nitrogens with zero attached hydrogens (tertiary/aromatic N) is 5. The van der Waals surface area contributed by atoms with E-state index in [0.29, 0.717) is 6.61 Å². The van der Waals surface area contributed by atoms with E-state index in [9.17, 15) is 0 Å². The quantitative estimate of drug-likeness (QED) is 0.605. The zero-order valence-corrected chi connectivity index (χ0v) is 16.4. The molecule has 3 unspecified atom stereocenters. The fraction of sp³-hybridized carbons (Fsp3) is 0.778. The first kappa shape index (κ1) is 19.1. The van der Waals surface area contributed by atoms with Crippen molar-refractivity contribution < 1.29 is 9.47 Å². The molecule has 26 heavy (non-hydrogen) atoms. The van der Waals surface area contributed by atoms with Gasteiger partial charge in [-0.1, -0.05) is 0 Å². The second kappa shape index (κ2) is 8.83. The summed E-state index contributed by atoms with van der Waals surface area (Å²) in [7, 11) is 7.96. The number of nitrogens with one attached hydrogen (secondary N) is 1. The van der Waals surface area contributed by atoms with Crippen LogP contribution in [0.3, 0.4) is 0 Å². The molecular formula is C18H32N6O2. The molecule has 1 aromatic rings. The van der Waals surface area contributed by atoms with Crippen molar-refractivity contribution in [2.75, 3.05) is 54.0 Å². The van der Waals surface area contributed by atoms with E-state index in [0.717, 1.165) is 45.0 Å². The van der Waals surface area contributed by atoms with Crippen LogP contribution in [0.5, 0.6) is 0 Å². The van der Waals surface area contributed by atoms with Crippen LogP contribution in [0.1, 0.15) is 24.4 Å². The molecule has 3 atom stereocenters. The van der Waals surface area contributed by atoms with Crippen LogP contribution >= 0.6 is 0 Å². The number of aromatic nitrogens is 2. The van der Waals surface area contributed by atoms with Crippen molar-refractivity contribution >= 4 is 5.96 Å². The number of hydrogen-bond acceptors (Lipinski definition) is 5. The Morgan fingerprint density at radius 3 is 2.81 bits per heavy atom. The van der Waals surface area contributed by atoms with Gasteiger partial charge in [0.25, 0.3) is 0 Å². The molecule has 8 heteroatoms. The highest BCUT2D eigenvalue weighted by Crippen LogP contribution is 2.21. The van der Waals surface area contributed by atoms with Gasteiger partial charge in [-0.25, -0.2) is 0 Å². The van der Waals surface area contributed by atoms with Gasteiger partial charge in [-0.15, -0.1) is 0 Å². The van der Waals surface area contributed by atoms with Crippen LogP contribution < -0.4 is 5.32 Å². The van der Waals surface area contributed by atoms with Gasteiger partial charge >= 0.3 is 0 Å². The minimum Gasteiger partial charge on any atom is -0.375 e. The van der Waals surface area contributed by atoms with E-state index in [1.165, 1.54) is 5.56 Å². The van der Waals surface area contributed by atoms with Crippen LogP contribution in [-0.2, 0) is 16.5 Å². The molecule has 0 radical (unpaired) electrons. The van der Waals surface area contributed by atoms with Crippen molar-refractivity contribution in [3.8, 4) is 0 Å². The Bertz CT molecular complexity index is 596. The molecule has 0 amide bonds. The number of hydrogen-bond donors (Lipinski definition) is 1. The third kappa shape index (κ3) is 4.55. The van der Waals surface area contributed by atoms with E-state index in [-0.39, 0.29) is 18.2 Å². The van der Waals surface area contributed by atoms with Gasteiger partial charge < -0.3 is 24.6 Å². The van der Waals surface area contributed by atoms with Gasteiger partial charge in [-0.2, -0.15) is 5.10 Å². The molecule has 1 aromatic heterocycles. The molecule has 3 heterocycles. The van der Waals surface area contributed by atoms with Gasteiger partial charge in [0.15, 0.2) is 5.96 Å². The summed E-state index contributed by atoms with van der Waals surface area (Å²) in [5, 5.41) is 7.84. The van der Waals surface area contributed by atoms with Crippen LogP contribution in [0, 0.1) is 0 Å². The predicted octanol–water partition coefficient (Wildman–Crippen LogP) is 0.478. The number of aliphatic imine (C=N–C) groups is 1. The smallest absolute Gasteiger partial charge is 0.193 e. The highest BCUT2D eigenvalue weighted by molar-refractivity contribution is 5.80. The Labute approximate surface area is 156 Å². The Hall–Kier alpha value is -1.64. The van der Waals surface area contributed by atoms with Crippen molar-refractivity contribution in [3.63, 3.8) is 0 Å². The van der Waals surface area contributed by atoms with Crippen LogP contribution in [0.2, 0.25) is 0 Å². The summed E-state index contributed by atoms with van der Waals surface area (Å²) in [6.45, 7) is 4.01. The molecule has 3 rings (SSSR count). The second-order valence-corrected chi connectivity index (χ2v) is 7.26. The van der Waals surface area contributed by atoms with Gasteiger partial charge in [0.2, 0.25) is 0 Å². The summed E-state index contributed by atoms with van der Waals surface area (Å²) < 4.78 is 13.6. The first-order valence-electron chi connectivity index (χ1n) is 9.42. The molecule has 0 bridgehead atoms. The number of morpholine rings is 1. The van der Waals surface area contributed by atoms with Crippen molar-refractivity contribution in [3.05, 3.63) is 18.0 Å². The maximum atomic E-state index is 5.95. The first-order valence-corrected chi connectivity index (χ1v) is 9.42. The molecule has 8 nitrogen and oxygen atoms in total. The fourth-order valence-electron chi connectivity index (χ4n) is 3.72. The van der Waals surface area contributed by atoms with Crippen LogP contribution in [0.25, 0.3) is 0 Å². The van der Waals surface area contributed by atoms with Crippen molar-refractivity contribution in [1.82, 2.24) is 24.9 Å². The molecular weight excluding hydrogens is 332 g/mol. The summed E-state index contributed by atoms with van der Waals surface area (Å²) in [6.07, 6.45) is 6.57. The Kier molecular flexibility index (Phi) is 6.50. The number of aryl methyl sites for hydroxylation is 1. The van der Waals surface area contributed by atoms with E-state index in [2.05, 4.69) is 45.5 Å². The van der Waals surface area contributed by atoms with Gasteiger partial charge in [0.05, 0.1) is 24.9 Å². The maximum absolute atomic E-state index is 5.95. The monoisotopic (exact) mass is 364 g/mol. The lowest BCUT2D eigenvalue weighted by Crippen LogP contribution is -2.54. The molecule has 146 valence electrons. The number of likely N-dealkylation sites (N-methyl/N-ethyl adjacent to an activating group) is 1. The summed E-state index contributed by atoms with van der Waals surface area (Å²) in [5.41, 5.74) is 1.19. The minimum absolute atomic E-state index is 0.132.